The van der Waals surface area contributed by atoms with Gasteiger partial charge in [-0.2, -0.15) is 0 Å². The summed E-state index contributed by atoms with van der Waals surface area (Å²) in [6, 6.07) is 0. The molecule has 0 atom stereocenters. The Bertz CT molecular complexity index is 247. The van der Waals surface area contributed by atoms with Crippen LogP contribution in [0.5, 0.6) is 0 Å². The average Bonchev–Trinajstić information content (AvgIpc) is 2.79. The number of hydrogen-bond donors (Lipinski definition) is 3. The average molecular weight is 255 g/mol. The number of rotatable bonds is 7. The minimum atomic E-state index is -0.550. The molecule has 0 spiro atoms. The normalized spacial score (nSPS) is 18.9. The van der Waals surface area contributed by atoms with Crippen LogP contribution in [-0.2, 0) is 0 Å². The number of unbranched alkanes of at least 4 members (excludes halogenated alkanes) is 2. The molecule has 1 rings (SSSR count). The van der Waals surface area contributed by atoms with Gasteiger partial charge in [0.1, 0.15) is 0 Å². The van der Waals surface area contributed by atoms with Crippen molar-refractivity contribution in [2.45, 2.75) is 64.4 Å². The molecule has 0 bridgehead atoms. The van der Waals surface area contributed by atoms with Crippen molar-refractivity contribution in [1.29, 1.82) is 0 Å². The van der Waals surface area contributed by atoms with Crippen molar-refractivity contribution < 1.29 is 5.11 Å². The summed E-state index contributed by atoms with van der Waals surface area (Å²) in [6.07, 6.45) is 7.70. The van der Waals surface area contributed by atoms with E-state index in [9.17, 15) is 5.11 Å². The molecule has 1 aliphatic carbocycles. The number of guanidine groups is 1. The minimum absolute atomic E-state index is 0.524. The lowest BCUT2D eigenvalue weighted by Gasteiger charge is -2.20. The number of hydrogen-bond acceptors (Lipinski definition) is 2. The van der Waals surface area contributed by atoms with Gasteiger partial charge in [-0.15, -0.1) is 0 Å². The SMILES string of the molecule is CCCCCNC(=NCC1(O)CCCC1)NCC. The zero-order valence-electron chi connectivity index (χ0n) is 12.0. The van der Waals surface area contributed by atoms with E-state index >= 15 is 0 Å². The lowest BCUT2D eigenvalue weighted by Crippen LogP contribution is -2.39. The first kappa shape index (κ1) is 15.3. The van der Waals surface area contributed by atoms with E-state index in [0.29, 0.717) is 6.54 Å². The second-order valence-corrected chi connectivity index (χ2v) is 5.26. The molecular formula is C14H29N3O. The maximum atomic E-state index is 10.3. The van der Waals surface area contributed by atoms with Crippen molar-refractivity contribution in [2.75, 3.05) is 19.6 Å². The van der Waals surface area contributed by atoms with Crippen LogP contribution in [0.2, 0.25) is 0 Å². The van der Waals surface area contributed by atoms with Crippen LogP contribution < -0.4 is 10.6 Å². The first-order chi connectivity index (χ1) is 8.70. The molecule has 0 unspecified atom stereocenters. The van der Waals surface area contributed by atoms with E-state index in [-0.39, 0.29) is 0 Å². The molecule has 0 aromatic rings. The molecule has 1 aliphatic rings. The van der Waals surface area contributed by atoms with Crippen molar-refractivity contribution in [3.63, 3.8) is 0 Å². The van der Waals surface area contributed by atoms with E-state index in [1.165, 1.54) is 19.3 Å². The van der Waals surface area contributed by atoms with Gasteiger partial charge in [0.05, 0.1) is 12.1 Å². The topological polar surface area (TPSA) is 56.7 Å². The molecule has 0 saturated heterocycles. The second kappa shape index (κ2) is 8.35. The van der Waals surface area contributed by atoms with Crippen LogP contribution >= 0.6 is 0 Å². The molecule has 0 heterocycles. The molecule has 4 nitrogen and oxygen atoms in total. The molecule has 18 heavy (non-hydrogen) atoms. The first-order valence-electron chi connectivity index (χ1n) is 7.45. The number of aliphatic imine (C=N–C) groups is 1. The summed E-state index contributed by atoms with van der Waals surface area (Å²) < 4.78 is 0. The smallest absolute Gasteiger partial charge is 0.191 e. The Balaban J connectivity index is 2.34. The monoisotopic (exact) mass is 255 g/mol. The molecule has 0 aromatic heterocycles. The standard InChI is InChI=1S/C14H29N3O/c1-3-5-8-11-16-13(15-4-2)17-12-14(18)9-6-7-10-14/h18H,3-12H2,1-2H3,(H2,15,16,17). The number of nitrogens with one attached hydrogen (secondary N) is 2. The van der Waals surface area contributed by atoms with Crippen LogP contribution in [0.25, 0.3) is 0 Å². The van der Waals surface area contributed by atoms with Crippen LogP contribution in [0.3, 0.4) is 0 Å². The van der Waals surface area contributed by atoms with Gasteiger partial charge in [0.2, 0.25) is 0 Å². The highest BCUT2D eigenvalue weighted by Crippen LogP contribution is 2.29. The third kappa shape index (κ3) is 5.71. The second-order valence-electron chi connectivity index (χ2n) is 5.26. The zero-order chi connectivity index (χ0) is 13.3. The molecule has 3 N–H and O–H groups in total. The predicted octanol–water partition coefficient (Wildman–Crippen LogP) is 2.04. The van der Waals surface area contributed by atoms with E-state index in [1.54, 1.807) is 0 Å². The highest BCUT2D eigenvalue weighted by molar-refractivity contribution is 5.79. The summed E-state index contributed by atoms with van der Waals surface area (Å²) in [5.41, 5.74) is -0.550. The molecule has 0 radical (unpaired) electrons. The van der Waals surface area contributed by atoms with Crippen molar-refractivity contribution in [3.05, 3.63) is 0 Å². The Kier molecular flexibility index (Phi) is 7.09. The molecule has 0 aliphatic heterocycles. The highest BCUT2D eigenvalue weighted by Gasteiger charge is 2.30. The van der Waals surface area contributed by atoms with Crippen molar-refractivity contribution in [2.24, 2.45) is 4.99 Å². The fraction of sp³-hybridized carbons (Fsp3) is 0.929. The lowest BCUT2D eigenvalue weighted by atomic mass is 10.0. The zero-order valence-corrected chi connectivity index (χ0v) is 12.0. The highest BCUT2D eigenvalue weighted by atomic mass is 16.3. The number of aliphatic hydroxyl groups is 1. The van der Waals surface area contributed by atoms with Gasteiger partial charge in [-0.25, -0.2) is 0 Å². The van der Waals surface area contributed by atoms with Crippen LogP contribution in [0.1, 0.15) is 58.8 Å². The molecule has 0 aromatic carbocycles. The van der Waals surface area contributed by atoms with Gasteiger partial charge in [0, 0.05) is 13.1 Å². The maximum absolute atomic E-state index is 10.3. The summed E-state index contributed by atoms with van der Waals surface area (Å²) in [5, 5.41) is 16.8. The molecular weight excluding hydrogens is 226 g/mol. The van der Waals surface area contributed by atoms with Gasteiger partial charge < -0.3 is 15.7 Å². The third-order valence-corrected chi connectivity index (χ3v) is 3.48. The van der Waals surface area contributed by atoms with E-state index in [4.69, 9.17) is 0 Å². The lowest BCUT2D eigenvalue weighted by molar-refractivity contribution is 0.0574. The van der Waals surface area contributed by atoms with Crippen molar-refractivity contribution >= 4 is 5.96 Å². The van der Waals surface area contributed by atoms with E-state index in [0.717, 1.165) is 44.7 Å². The van der Waals surface area contributed by atoms with Gasteiger partial charge in [-0.05, 0) is 26.2 Å². The molecule has 106 valence electrons. The summed E-state index contributed by atoms with van der Waals surface area (Å²) in [6.45, 7) is 6.61. The minimum Gasteiger partial charge on any atom is -0.388 e. The van der Waals surface area contributed by atoms with Crippen LogP contribution in [0.15, 0.2) is 4.99 Å². The fourth-order valence-electron chi connectivity index (χ4n) is 2.34. The summed E-state index contributed by atoms with van der Waals surface area (Å²) in [4.78, 5) is 4.51. The fourth-order valence-corrected chi connectivity index (χ4v) is 2.34. The Morgan fingerprint density at radius 1 is 1.17 bits per heavy atom. The van der Waals surface area contributed by atoms with Gasteiger partial charge in [-0.1, -0.05) is 32.6 Å². The Morgan fingerprint density at radius 2 is 1.89 bits per heavy atom. The quantitative estimate of drug-likeness (QED) is 0.371. The summed E-state index contributed by atoms with van der Waals surface area (Å²) >= 11 is 0. The van der Waals surface area contributed by atoms with Crippen LogP contribution in [-0.4, -0.2) is 36.3 Å². The van der Waals surface area contributed by atoms with Crippen molar-refractivity contribution in [3.8, 4) is 0 Å². The van der Waals surface area contributed by atoms with Gasteiger partial charge in [0.15, 0.2) is 5.96 Å². The van der Waals surface area contributed by atoms with Crippen LogP contribution in [0.4, 0.5) is 0 Å². The summed E-state index contributed by atoms with van der Waals surface area (Å²) in [5.74, 6) is 0.842. The Labute approximate surface area is 111 Å². The molecule has 0 amide bonds. The van der Waals surface area contributed by atoms with Crippen molar-refractivity contribution in [1.82, 2.24) is 10.6 Å². The number of nitrogens with zero attached hydrogens (tertiary/aromatic N) is 1. The molecule has 1 saturated carbocycles. The molecule has 1 fully saturated rings. The molecule has 4 heteroatoms. The van der Waals surface area contributed by atoms with Gasteiger partial charge >= 0.3 is 0 Å². The van der Waals surface area contributed by atoms with E-state index < -0.39 is 5.60 Å². The predicted molar refractivity (Wildman–Crippen MR) is 76.9 cm³/mol. The van der Waals surface area contributed by atoms with Crippen LogP contribution in [0, 0.1) is 0 Å². The maximum Gasteiger partial charge on any atom is 0.191 e. The largest absolute Gasteiger partial charge is 0.388 e. The Morgan fingerprint density at radius 3 is 2.50 bits per heavy atom. The van der Waals surface area contributed by atoms with Gasteiger partial charge in [0.25, 0.3) is 0 Å². The van der Waals surface area contributed by atoms with Gasteiger partial charge in [-0.3, -0.25) is 4.99 Å². The van der Waals surface area contributed by atoms with E-state index in [2.05, 4.69) is 29.5 Å². The summed E-state index contributed by atoms with van der Waals surface area (Å²) in [7, 11) is 0. The Hall–Kier alpha value is -0.770. The third-order valence-electron chi connectivity index (χ3n) is 3.48. The van der Waals surface area contributed by atoms with E-state index in [1.807, 2.05) is 0 Å². The first-order valence-corrected chi connectivity index (χ1v) is 7.45.